The molecule has 0 aromatic carbocycles. The van der Waals surface area contributed by atoms with Crippen molar-refractivity contribution < 1.29 is 5.11 Å². The molecule has 2 heteroatoms. The zero-order valence-electron chi connectivity index (χ0n) is 6.22. The molecule has 1 nitrogen and oxygen atoms in total. The first kappa shape index (κ1) is 7.76. The Bertz CT molecular complexity index is 219. The third-order valence-corrected chi connectivity index (χ3v) is 2.52. The number of rotatable bonds is 1. The highest BCUT2D eigenvalue weighted by molar-refractivity contribution is 7.12. The molecule has 0 fully saturated rings. The lowest BCUT2D eigenvalue weighted by Crippen LogP contribution is -2.12. The molecule has 1 aromatic rings. The normalized spacial score (nSPS) is 12.0. The monoisotopic (exact) mass is 155 g/mol. The summed E-state index contributed by atoms with van der Waals surface area (Å²) in [5.74, 6) is 0. The summed E-state index contributed by atoms with van der Waals surface area (Å²) in [5.41, 5.74) is -0.708. The third kappa shape index (κ3) is 1.58. The summed E-state index contributed by atoms with van der Waals surface area (Å²) in [4.78, 5) is 1.97. The van der Waals surface area contributed by atoms with E-state index in [9.17, 15) is 5.11 Å². The molecule has 10 heavy (non-hydrogen) atoms. The van der Waals surface area contributed by atoms with Crippen LogP contribution in [0.1, 0.15) is 23.6 Å². The molecule has 1 rings (SSSR count). The predicted molar refractivity (Wildman–Crippen MR) is 44.0 cm³/mol. The van der Waals surface area contributed by atoms with E-state index in [1.54, 1.807) is 13.8 Å². The molecule has 0 atom stereocenters. The molecule has 0 aliphatic heterocycles. The van der Waals surface area contributed by atoms with Crippen LogP contribution in [0.4, 0.5) is 0 Å². The average molecular weight is 155 g/mol. The minimum absolute atomic E-state index is 0.708. The molecule has 0 unspecified atom stereocenters. The molecule has 0 saturated carbocycles. The second kappa shape index (κ2) is 2.36. The molecule has 0 amide bonds. The minimum Gasteiger partial charge on any atom is -0.385 e. The van der Waals surface area contributed by atoms with Gasteiger partial charge < -0.3 is 5.11 Å². The second-order valence-corrected chi connectivity index (χ2v) is 3.99. The molecule has 0 spiro atoms. The van der Waals surface area contributed by atoms with Crippen molar-refractivity contribution in [1.82, 2.24) is 0 Å². The second-order valence-electron chi connectivity index (χ2n) is 2.82. The van der Waals surface area contributed by atoms with Crippen LogP contribution in [-0.2, 0) is 5.60 Å². The van der Waals surface area contributed by atoms with Gasteiger partial charge in [-0.05, 0) is 32.9 Å². The molecule has 0 aliphatic rings. The van der Waals surface area contributed by atoms with Crippen molar-refractivity contribution in [2.45, 2.75) is 19.4 Å². The van der Waals surface area contributed by atoms with Crippen LogP contribution in [-0.4, -0.2) is 5.11 Å². The van der Waals surface area contributed by atoms with E-state index in [4.69, 9.17) is 0 Å². The van der Waals surface area contributed by atoms with E-state index in [1.165, 1.54) is 11.3 Å². The van der Waals surface area contributed by atoms with Crippen LogP contribution in [0.5, 0.6) is 0 Å². The Kier molecular flexibility index (Phi) is 1.84. The lowest BCUT2D eigenvalue weighted by atomic mass is 10.1. The van der Waals surface area contributed by atoms with E-state index in [2.05, 4.69) is 6.92 Å². The van der Waals surface area contributed by atoms with Gasteiger partial charge in [-0.25, -0.2) is 0 Å². The van der Waals surface area contributed by atoms with Gasteiger partial charge in [0.1, 0.15) is 0 Å². The summed E-state index contributed by atoms with van der Waals surface area (Å²) in [7, 11) is 0. The minimum atomic E-state index is -0.708. The Labute approximate surface area is 65.3 Å². The number of thiophene rings is 1. The molecule has 1 aromatic heterocycles. The first-order valence-electron chi connectivity index (χ1n) is 3.15. The highest BCUT2D eigenvalue weighted by Gasteiger charge is 2.16. The lowest BCUT2D eigenvalue weighted by Gasteiger charge is -2.13. The van der Waals surface area contributed by atoms with Gasteiger partial charge in [-0.15, -0.1) is 11.3 Å². The standard InChI is InChI=1S/C8H11OS/c1-6-4-5-7(10-6)8(2,3)9/h4-5,9H,1H2,2-3H3. The van der Waals surface area contributed by atoms with Gasteiger partial charge in [0.25, 0.3) is 0 Å². The van der Waals surface area contributed by atoms with Crippen LogP contribution in [0.25, 0.3) is 0 Å². The predicted octanol–water partition coefficient (Wildman–Crippen LogP) is 2.16. The van der Waals surface area contributed by atoms with Gasteiger partial charge in [-0.3, -0.25) is 0 Å². The van der Waals surface area contributed by atoms with E-state index >= 15 is 0 Å². The average Bonchev–Trinajstić information content (AvgIpc) is 2.11. The fraction of sp³-hybridized carbons (Fsp3) is 0.375. The molecule has 55 valence electrons. The van der Waals surface area contributed by atoms with Crippen LogP contribution in [0, 0.1) is 6.92 Å². The van der Waals surface area contributed by atoms with Gasteiger partial charge >= 0.3 is 0 Å². The largest absolute Gasteiger partial charge is 0.385 e. The van der Waals surface area contributed by atoms with Crippen molar-refractivity contribution in [2.24, 2.45) is 0 Å². The summed E-state index contributed by atoms with van der Waals surface area (Å²) in [6.45, 7) is 7.31. The Morgan fingerprint density at radius 2 is 2.10 bits per heavy atom. The Balaban J connectivity index is 2.96. The zero-order valence-corrected chi connectivity index (χ0v) is 7.03. The quantitative estimate of drug-likeness (QED) is 0.659. The lowest BCUT2D eigenvalue weighted by molar-refractivity contribution is 0.0825. The zero-order chi connectivity index (χ0) is 7.78. The van der Waals surface area contributed by atoms with Crippen LogP contribution in [0.2, 0.25) is 0 Å². The van der Waals surface area contributed by atoms with Gasteiger partial charge in [0, 0.05) is 9.75 Å². The van der Waals surface area contributed by atoms with Crippen molar-refractivity contribution in [3.05, 3.63) is 28.8 Å². The van der Waals surface area contributed by atoms with Crippen LogP contribution >= 0.6 is 11.3 Å². The van der Waals surface area contributed by atoms with Crippen LogP contribution < -0.4 is 0 Å². The molecule has 0 saturated heterocycles. The fourth-order valence-electron chi connectivity index (χ4n) is 0.707. The van der Waals surface area contributed by atoms with Crippen molar-refractivity contribution in [2.75, 3.05) is 0 Å². The Morgan fingerprint density at radius 3 is 2.30 bits per heavy atom. The van der Waals surface area contributed by atoms with Crippen LogP contribution in [0.15, 0.2) is 12.1 Å². The van der Waals surface area contributed by atoms with Gasteiger partial charge in [-0.1, -0.05) is 0 Å². The van der Waals surface area contributed by atoms with Crippen molar-refractivity contribution in [3.8, 4) is 0 Å². The van der Waals surface area contributed by atoms with E-state index in [-0.39, 0.29) is 0 Å². The maximum Gasteiger partial charge on any atom is 0.0932 e. The SMILES string of the molecule is [CH2]c1ccc(C(C)(C)O)s1. The van der Waals surface area contributed by atoms with Gasteiger partial charge in [0.15, 0.2) is 0 Å². The molecule has 0 bridgehead atoms. The summed E-state index contributed by atoms with van der Waals surface area (Å²) in [6, 6.07) is 3.82. The van der Waals surface area contributed by atoms with Crippen LogP contribution in [0.3, 0.4) is 0 Å². The smallest absolute Gasteiger partial charge is 0.0932 e. The Hall–Kier alpha value is -0.340. The topological polar surface area (TPSA) is 20.2 Å². The molecule has 0 aliphatic carbocycles. The molecule has 1 radical (unpaired) electrons. The van der Waals surface area contributed by atoms with E-state index in [0.29, 0.717) is 0 Å². The maximum absolute atomic E-state index is 9.48. The van der Waals surface area contributed by atoms with Gasteiger partial charge in [0.05, 0.1) is 5.60 Å². The molecule has 1 N–H and O–H groups in total. The van der Waals surface area contributed by atoms with E-state index < -0.39 is 5.60 Å². The molecular weight excluding hydrogens is 144 g/mol. The Morgan fingerprint density at radius 1 is 1.50 bits per heavy atom. The van der Waals surface area contributed by atoms with Crippen molar-refractivity contribution in [3.63, 3.8) is 0 Å². The number of aliphatic hydroxyl groups is 1. The summed E-state index contributed by atoms with van der Waals surface area (Å²) in [5, 5.41) is 9.48. The van der Waals surface area contributed by atoms with Crippen molar-refractivity contribution >= 4 is 11.3 Å². The summed E-state index contributed by atoms with van der Waals surface area (Å²) in [6.07, 6.45) is 0. The van der Waals surface area contributed by atoms with Crippen molar-refractivity contribution in [1.29, 1.82) is 0 Å². The molecular formula is C8H11OS. The maximum atomic E-state index is 9.48. The van der Waals surface area contributed by atoms with E-state index in [1.807, 2.05) is 12.1 Å². The number of hydrogen-bond donors (Lipinski definition) is 1. The third-order valence-electron chi connectivity index (χ3n) is 1.26. The van der Waals surface area contributed by atoms with Gasteiger partial charge in [-0.2, -0.15) is 0 Å². The fourth-order valence-corrected chi connectivity index (χ4v) is 1.51. The van der Waals surface area contributed by atoms with E-state index in [0.717, 1.165) is 9.75 Å². The first-order valence-corrected chi connectivity index (χ1v) is 3.96. The number of hydrogen-bond acceptors (Lipinski definition) is 2. The summed E-state index contributed by atoms with van der Waals surface area (Å²) < 4.78 is 0. The van der Waals surface area contributed by atoms with Gasteiger partial charge in [0.2, 0.25) is 0 Å². The highest BCUT2D eigenvalue weighted by atomic mass is 32.1. The molecule has 1 heterocycles. The highest BCUT2D eigenvalue weighted by Crippen LogP contribution is 2.26. The summed E-state index contributed by atoms with van der Waals surface area (Å²) >= 11 is 1.53. The first-order chi connectivity index (χ1) is 4.50.